The molecule has 1 N–H and O–H groups in total. The molecule has 5 nitrogen and oxygen atoms in total. The van der Waals surface area contributed by atoms with Crippen molar-refractivity contribution in [1.82, 2.24) is 0 Å². The number of anilines is 1. The number of amides is 1. The number of rotatable bonds is 5. The van der Waals surface area contributed by atoms with Gasteiger partial charge < -0.3 is 10.1 Å². The Hall–Kier alpha value is -1.95. The second-order valence-electron chi connectivity index (χ2n) is 3.73. The first-order valence-corrected chi connectivity index (χ1v) is 6.48. The molecule has 0 aliphatic rings. The van der Waals surface area contributed by atoms with Gasteiger partial charge in [-0.15, -0.1) is 11.3 Å². The average molecular weight is 281 g/mol. The molecule has 1 rings (SSSR count). The van der Waals surface area contributed by atoms with E-state index >= 15 is 0 Å². The molecule has 0 aromatic carbocycles. The molecule has 0 saturated heterocycles. The van der Waals surface area contributed by atoms with E-state index in [1.807, 2.05) is 0 Å². The summed E-state index contributed by atoms with van der Waals surface area (Å²) in [4.78, 5) is 35.2. The van der Waals surface area contributed by atoms with Crippen molar-refractivity contribution in [2.75, 3.05) is 11.9 Å². The number of nitrogens with one attached hydrogen (secondary N) is 1. The monoisotopic (exact) mass is 281 g/mol. The molecule has 1 amide bonds. The molecular formula is C13H15NO4S. The Balaban J connectivity index is 3.30. The molecule has 19 heavy (non-hydrogen) atoms. The van der Waals surface area contributed by atoms with Crippen molar-refractivity contribution >= 4 is 34.0 Å². The zero-order valence-corrected chi connectivity index (χ0v) is 11.8. The number of esters is 1. The summed E-state index contributed by atoms with van der Waals surface area (Å²) >= 11 is 1.06. The van der Waals surface area contributed by atoms with E-state index in [0.717, 1.165) is 17.4 Å². The standard InChI is InChI=1S/C13H15NO4S/c1-5-9(16)14-12-10(13(17)18-6-2)7(3)11(19-12)8(4)15/h5H,1,6H2,2-4H3,(H,14,16). The summed E-state index contributed by atoms with van der Waals surface area (Å²) in [6, 6.07) is 0. The van der Waals surface area contributed by atoms with Crippen molar-refractivity contribution in [3.05, 3.63) is 28.7 Å². The molecule has 0 unspecified atom stereocenters. The predicted molar refractivity (Wildman–Crippen MR) is 73.8 cm³/mol. The highest BCUT2D eigenvalue weighted by Crippen LogP contribution is 2.34. The van der Waals surface area contributed by atoms with Crippen molar-refractivity contribution in [1.29, 1.82) is 0 Å². The van der Waals surface area contributed by atoms with E-state index in [0.29, 0.717) is 15.4 Å². The quantitative estimate of drug-likeness (QED) is 0.511. The smallest absolute Gasteiger partial charge is 0.341 e. The molecule has 0 radical (unpaired) electrons. The third-order valence-corrected chi connectivity index (χ3v) is 3.68. The van der Waals surface area contributed by atoms with Crippen LogP contribution in [-0.2, 0) is 9.53 Å². The van der Waals surface area contributed by atoms with Crippen LogP contribution in [0.15, 0.2) is 12.7 Å². The SMILES string of the molecule is C=CC(=O)Nc1sc(C(C)=O)c(C)c1C(=O)OCC. The lowest BCUT2D eigenvalue weighted by Crippen LogP contribution is -2.12. The maximum absolute atomic E-state index is 11.9. The zero-order chi connectivity index (χ0) is 14.6. The fraction of sp³-hybridized carbons (Fsp3) is 0.308. The lowest BCUT2D eigenvalue weighted by atomic mass is 10.1. The van der Waals surface area contributed by atoms with Gasteiger partial charge in [0.1, 0.15) is 5.00 Å². The van der Waals surface area contributed by atoms with Crippen LogP contribution in [0.25, 0.3) is 0 Å². The maximum Gasteiger partial charge on any atom is 0.341 e. The van der Waals surface area contributed by atoms with Crippen LogP contribution < -0.4 is 5.32 Å². The van der Waals surface area contributed by atoms with E-state index in [-0.39, 0.29) is 18.0 Å². The van der Waals surface area contributed by atoms with Crippen molar-refractivity contribution in [3.8, 4) is 0 Å². The molecule has 1 aromatic rings. The molecule has 0 aliphatic carbocycles. The lowest BCUT2D eigenvalue weighted by Gasteiger charge is -2.05. The first kappa shape index (κ1) is 15.1. The Morgan fingerprint density at radius 2 is 2.05 bits per heavy atom. The van der Waals surface area contributed by atoms with E-state index < -0.39 is 11.9 Å². The summed E-state index contributed by atoms with van der Waals surface area (Å²) in [6.45, 7) is 8.32. The Kier molecular flexibility index (Phi) is 5.00. The van der Waals surface area contributed by atoms with E-state index in [1.54, 1.807) is 13.8 Å². The highest BCUT2D eigenvalue weighted by Gasteiger charge is 2.24. The number of carbonyl (C=O) groups excluding carboxylic acids is 3. The Morgan fingerprint density at radius 3 is 2.53 bits per heavy atom. The van der Waals surface area contributed by atoms with Crippen molar-refractivity contribution < 1.29 is 19.1 Å². The molecule has 6 heteroatoms. The molecule has 0 saturated carbocycles. The van der Waals surface area contributed by atoms with Crippen molar-refractivity contribution in [2.24, 2.45) is 0 Å². The molecule has 102 valence electrons. The minimum Gasteiger partial charge on any atom is -0.462 e. The van der Waals surface area contributed by atoms with E-state index in [4.69, 9.17) is 4.74 Å². The van der Waals surface area contributed by atoms with E-state index in [9.17, 15) is 14.4 Å². The minimum absolute atomic E-state index is 0.160. The molecule has 0 atom stereocenters. The van der Waals surface area contributed by atoms with Gasteiger partial charge in [-0.25, -0.2) is 4.79 Å². The van der Waals surface area contributed by atoms with Gasteiger partial charge in [0.15, 0.2) is 5.78 Å². The number of ether oxygens (including phenoxy) is 1. The molecule has 0 spiro atoms. The van der Waals surface area contributed by atoms with Crippen molar-refractivity contribution in [3.63, 3.8) is 0 Å². The van der Waals surface area contributed by atoms with Gasteiger partial charge in [-0.1, -0.05) is 6.58 Å². The number of Topliss-reactive ketones (excluding diaryl/α,β-unsaturated/α-hetero) is 1. The third kappa shape index (κ3) is 3.29. The number of hydrogen-bond acceptors (Lipinski definition) is 5. The second-order valence-corrected chi connectivity index (χ2v) is 4.75. The van der Waals surface area contributed by atoms with Crippen LogP contribution >= 0.6 is 11.3 Å². The normalized spacial score (nSPS) is 9.84. The van der Waals surface area contributed by atoms with Gasteiger partial charge in [0, 0.05) is 0 Å². The van der Waals surface area contributed by atoms with Crippen LogP contribution in [0.2, 0.25) is 0 Å². The van der Waals surface area contributed by atoms with Crippen LogP contribution in [0.5, 0.6) is 0 Å². The summed E-state index contributed by atoms with van der Waals surface area (Å²) < 4.78 is 4.94. The van der Waals surface area contributed by atoms with Gasteiger partial charge in [-0.05, 0) is 32.4 Å². The van der Waals surface area contributed by atoms with Crippen LogP contribution in [0.1, 0.15) is 39.4 Å². The zero-order valence-electron chi connectivity index (χ0n) is 11.0. The first-order valence-electron chi connectivity index (χ1n) is 5.67. The topological polar surface area (TPSA) is 72.5 Å². The first-order chi connectivity index (χ1) is 8.92. The van der Waals surface area contributed by atoms with Gasteiger partial charge in [0.2, 0.25) is 5.91 Å². The Labute approximate surface area is 115 Å². The van der Waals surface area contributed by atoms with E-state index in [2.05, 4.69) is 11.9 Å². The molecule has 1 heterocycles. The molecule has 1 aromatic heterocycles. The highest BCUT2D eigenvalue weighted by molar-refractivity contribution is 7.18. The summed E-state index contributed by atoms with van der Waals surface area (Å²) in [6.07, 6.45) is 1.09. The lowest BCUT2D eigenvalue weighted by molar-refractivity contribution is -0.111. The second kappa shape index (κ2) is 6.29. The van der Waals surface area contributed by atoms with E-state index in [1.165, 1.54) is 6.92 Å². The summed E-state index contributed by atoms with van der Waals surface area (Å²) in [5, 5.41) is 2.84. The highest BCUT2D eigenvalue weighted by atomic mass is 32.1. The van der Waals surface area contributed by atoms with Gasteiger partial charge in [0.25, 0.3) is 0 Å². The van der Waals surface area contributed by atoms with Gasteiger partial charge in [0.05, 0.1) is 17.0 Å². The summed E-state index contributed by atoms with van der Waals surface area (Å²) in [7, 11) is 0. The number of ketones is 1. The van der Waals surface area contributed by atoms with Crippen molar-refractivity contribution in [2.45, 2.75) is 20.8 Å². The Morgan fingerprint density at radius 1 is 1.42 bits per heavy atom. The summed E-state index contributed by atoms with van der Waals surface area (Å²) in [5.74, 6) is -1.16. The van der Waals surface area contributed by atoms with Crippen LogP contribution in [0.3, 0.4) is 0 Å². The average Bonchev–Trinajstić information content (AvgIpc) is 2.66. The van der Waals surface area contributed by atoms with Gasteiger partial charge in [-0.3, -0.25) is 9.59 Å². The van der Waals surface area contributed by atoms with Crippen LogP contribution in [-0.4, -0.2) is 24.3 Å². The van der Waals surface area contributed by atoms with Crippen LogP contribution in [0.4, 0.5) is 5.00 Å². The largest absolute Gasteiger partial charge is 0.462 e. The van der Waals surface area contributed by atoms with Crippen LogP contribution in [0, 0.1) is 6.92 Å². The number of hydrogen-bond donors (Lipinski definition) is 1. The maximum atomic E-state index is 11.9. The minimum atomic E-state index is -0.553. The predicted octanol–water partition coefficient (Wildman–Crippen LogP) is 2.56. The molecular weight excluding hydrogens is 266 g/mol. The Bertz CT molecular complexity index is 545. The molecule has 0 fully saturated rings. The number of thiophene rings is 1. The molecule has 0 bridgehead atoms. The third-order valence-electron chi connectivity index (χ3n) is 2.37. The number of carbonyl (C=O) groups is 3. The van der Waals surface area contributed by atoms with Gasteiger partial charge in [-0.2, -0.15) is 0 Å². The fourth-order valence-corrected chi connectivity index (χ4v) is 2.64. The summed E-state index contributed by atoms with van der Waals surface area (Å²) in [5.41, 5.74) is 0.752. The van der Waals surface area contributed by atoms with Gasteiger partial charge >= 0.3 is 5.97 Å². The fourth-order valence-electron chi connectivity index (χ4n) is 1.55. The molecule has 0 aliphatic heterocycles.